The van der Waals surface area contributed by atoms with E-state index in [9.17, 15) is 9.59 Å². The maximum absolute atomic E-state index is 11.3. The maximum Gasteiger partial charge on any atom is 0.308 e. The van der Waals surface area contributed by atoms with Crippen molar-refractivity contribution < 1.29 is 19.1 Å². The number of hydrogen-bond donors (Lipinski definition) is 0. The van der Waals surface area contributed by atoms with Gasteiger partial charge in [0.25, 0.3) is 0 Å². The molecule has 0 heterocycles. The zero-order chi connectivity index (χ0) is 10.7. The smallest absolute Gasteiger partial charge is 0.308 e. The van der Waals surface area contributed by atoms with Gasteiger partial charge < -0.3 is 9.47 Å². The third kappa shape index (κ3) is 1.89. The molecule has 80 valence electrons. The summed E-state index contributed by atoms with van der Waals surface area (Å²) in [6, 6.07) is 0. The highest BCUT2D eigenvalue weighted by molar-refractivity contribution is 5.78. The lowest BCUT2D eigenvalue weighted by Gasteiger charge is -2.16. The Morgan fingerprint density at radius 1 is 1.00 bits per heavy atom. The summed E-state index contributed by atoms with van der Waals surface area (Å²) in [6.45, 7) is 1.90. The topological polar surface area (TPSA) is 52.6 Å². The highest BCUT2D eigenvalue weighted by Gasteiger charge is 2.41. The molecule has 1 rings (SSSR count). The van der Waals surface area contributed by atoms with E-state index in [1.54, 1.807) is 0 Å². The minimum Gasteiger partial charge on any atom is -0.469 e. The highest BCUT2D eigenvalue weighted by Crippen LogP contribution is 2.37. The van der Waals surface area contributed by atoms with Gasteiger partial charge in [0.1, 0.15) is 0 Å². The van der Waals surface area contributed by atoms with E-state index in [0.717, 1.165) is 0 Å². The van der Waals surface area contributed by atoms with Crippen LogP contribution >= 0.6 is 0 Å². The Morgan fingerprint density at radius 3 is 1.64 bits per heavy atom. The average molecular weight is 200 g/mol. The van der Waals surface area contributed by atoms with Crippen molar-refractivity contribution >= 4 is 11.9 Å². The van der Waals surface area contributed by atoms with E-state index in [1.165, 1.54) is 14.2 Å². The van der Waals surface area contributed by atoms with Gasteiger partial charge in [-0.05, 0) is 18.8 Å². The Hall–Kier alpha value is -1.06. The van der Waals surface area contributed by atoms with Crippen molar-refractivity contribution in [2.45, 2.75) is 19.8 Å². The molecule has 0 aromatic heterocycles. The fraction of sp³-hybridized carbons (Fsp3) is 0.800. The monoisotopic (exact) mass is 200 g/mol. The fourth-order valence-corrected chi connectivity index (χ4v) is 2.13. The summed E-state index contributed by atoms with van der Waals surface area (Å²) >= 11 is 0. The van der Waals surface area contributed by atoms with Crippen molar-refractivity contribution in [3.8, 4) is 0 Å². The van der Waals surface area contributed by atoms with Crippen molar-refractivity contribution in [2.24, 2.45) is 17.8 Å². The van der Waals surface area contributed by atoms with Crippen LogP contribution in [-0.2, 0) is 19.1 Å². The van der Waals surface area contributed by atoms with Crippen LogP contribution in [-0.4, -0.2) is 26.2 Å². The Bertz CT molecular complexity index is 212. The maximum atomic E-state index is 11.3. The molecule has 4 nitrogen and oxygen atoms in total. The molecule has 0 bridgehead atoms. The first-order valence-electron chi connectivity index (χ1n) is 4.77. The zero-order valence-corrected chi connectivity index (χ0v) is 8.78. The Kier molecular flexibility index (Phi) is 3.49. The molecule has 0 spiro atoms. The largest absolute Gasteiger partial charge is 0.469 e. The third-order valence-electron chi connectivity index (χ3n) is 3.07. The van der Waals surface area contributed by atoms with E-state index in [4.69, 9.17) is 0 Å². The number of methoxy groups -OCH3 is 2. The van der Waals surface area contributed by atoms with Crippen molar-refractivity contribution in [2.75, 3.05) is 14.2 Å². The number of ether oxygens (including phenoxy) is 2. The van der Waals surface area contributed by atoms with Gasteiger partial charge in [-0.3, -0.25) is 9.59 Å². The number of carbonyl (C=O) groups excluding carboxylic acids is 2. The van der Waals surface area contributed by atoms with E-state index in [-0.39, 0.29) is 29.7 Å². The molecule has 1 aliphatic rings. The summed E-state index contributed by atoms with van der Waals surface area (Å²) in [5, 5.41) is 0. The van der Waals surface area contributed by atoms with Gasteiger partial charge in [0.15, 0.2) is 0 Å². The van der Waals surface area contributed by atoms with Crippen molar-refractivity contribution in [1.29, 1.82) is 0 Å². The molecule has 1 aliphatic carbocycles. The van der Waals surface area contributed by atoms with Crippen LogP contribution in [0, 0.1) is 17.8 Å². The number of rotatable bonds is 2. The Balaban J connectivity index is 2.64. The summed E-state index contributed by atoms with van der Waals surface area (Å²) in [7, 11) is 2.75. The van der Waals surface area contributed by atoms with Crippen molar-refractivity contribution in [3.05, 3.63) is 0 Å². The normalized spacial score (nSPS) is 31.2. The van der Waals surface area contributed by atoms with E-state index >= 15 is 0 Å². The van der Waals surface area contributed by atoms with Crippen LogP contribution in [0.5, 0.6) is 0 Å². The van der Waals surface area contributed by atoms with Crippen LogP contribution in [0.25, 0.3) is 0 Å². The van der Waals surface area contributed by atoms with Crippen LogP contribution in [0.2, 0.25) is 0 Å². The molecule has 1 fully saturated rings. The van der Waals surface area contributed by atoms with Crippen LogP contribution in [0.4, 0.5) is 0 Å². The lowest BCUT2D eigenvalue weighted by molar-refractivity contribution is -0.149. The predicted octanol–water partition coefficient (Wildman–Crippen LogP) is 0.995. The zero-order valence-electron chi connectivity index (χ0n) is 8.78. The molecule has 1 saturated carbocycles. The Labute approximate surface area is 83.6 Å². The molecule has 14 heavy (non-hydrogen) atoms. The molecule has 0 aromatic carbocycles. The first-order chi connectivity index (χ1) is 6.61. The quantitative estimate of drug-likeness (QED) is 0.624. The molecule has 3 atom stereocenters. The average Bonchev–Trinajstić information content (AvgIpc) is 2.58. The number of carbonyl (C=O) groups is 2. The molecule has 0 aliphatic heterocycles. The van der Waals surface area contributed by atoms with Gasteiger partial charge in [-0.2, -0.15) is 0 Å². The summed E-state index contributed by atoms with van der Waals surface area (Å²) < 4.78 is 9.35. The van der Waals surface area contributed by atoms with E-state index in [2.05, 4.69) is 9.47 Å². The predicted molar refractivity (Wildman–Crippen MR) is 49.4 cm³/mol. The van der Waals surface area contributed by atoms with Crippen LogP contribution in [0.3, 0.4) is 0 Å². The molecular weight excluding hydrogens is 184 g/mol. The van der Waals surface area contributed by atoms with Crippen LogP contribution < -0.4 is 0 Å². The molecule has 0 saturated heterocycles. The van der Waals surface area contributed by atoms with Gasteiger partial charge in [0, 0.05) is 0 Å². The van der Waals surface area contributed by atoms with Gasteiger partial charge in [-0.1, -0.05) is 6.92 Å². The van der Waals surface area contributed by atoms with Crippen LogP contribution in [0.15, 0.2) is 0 Å². The van der Waals surface area contributed by atoms with Gasteiger partial charge in [0.05, 0.1) is 26.1 Å². The number of esters is 2. The SMILES string of the molecule is COC(=O)[C@H]1CC[C@@H](C(=O)OC)C1C. The second-order valence-corrected chi connectivity index (χ2v) is 3.70. The standard InChI is InChI=1S/C10H16O4/c1-6-7(9(11)13-2)4-5-8(6)10(12)14-3/h6-8H,4-5H2,1-3H3/t6?,7-,8+. The summed E-state index contributed by atoms with van der Waals surface area (Å²) in [4.78, 5) is 22.6. The van der Waals surface area contributed by atoms with Crippen molar-refractivity contribution in [3.63, 3.8) is 0 Å². The second kappa shape index (κ2) is 4.44. The minimum atomic E-state index is -0.219. The summed E-state index contributed by atoms with van der Waals surface area (Å²) in [6.07, 6.45) is 1.43. The second-order valence-electron chi connectivity index (χ2n) is 3.70. The lowest BCUT2D eigenvalue weighted by atomic mass is 9.91. The minimum absolute atomic E-state index is 0.0231. The van der Waals surface area contributed by atoms with Gasteiger partial charge in [0.2, 0.25) is 0 Å². The molecule has 4 heteroatoms. The summed E-state index contributed by atoms with van der Waals surface area (Å²) in [5.41, 5.74) is 0. The first kappa shape index (κ1) is 11.0. The van der Waals surface area contributed by atoms with Gasteiger partial charge >= 0.3 is 11.9 Å². The van der Waals surface area contributed by atoms with Gasteiger partial charge in [-0.15, -0.1) is 0 Å². The fourth-order valence-electron chi connectivity index (χ4n) is 2.13. The van der Waals surface area contributed by atoms with E-state index in [0.29, 0.717) is 12.8 Å². The molecule has 0 aromatic rings. The molecule has 0 radical (unpaired) electrons. The third-order valence-corrected chi connectivity index (χ3v) is 3.07. The molecular formula is C10H16O4. The molecule has 0 amide bonds. The molecule has 1 unspecified atom stereocenters. The molecule has 0 N–H and O–H groups in total. The number of hydrogen-bond acceptors (Lipinski definition) is 4. The van der Waals surface area contributed by atoms with Crippen LogP contribution in [0.1, 0.15) is 19.8 Å². The highest BCUT2D eigenvalue weighted by atomic mass is 16.5. The van der Waals surface area contributed by atoms with E-state index < -0.39 is 0 Å². The van der Waals surface area contributed by atoms with Gasteiger partial charge in [-0.25, -0.2) is 0 Å². The summed E-state index contributed by atoms with van der Waals surface area (Å²) in [5.74, 6) is -0.712. The first-order valence-corrected chi connectivity index (χ1v) is 4.77. The Morgan fingerprint density at radius 2 is 1.36 bits per heavy atom. The van der Waals surface area contributed by atoms with Crippen molar-refractivity contribution in [1.82, 2.24) is 0 Å². The lowest BCUT2D eigenvalue weighted by Crippen LogP contribution is -2.25. The van der Waals surface area contributed by atoms with E-state index in [1.807, 2.05) is 6.92 Å².